The molecule has 2 heteroatoms. The molecule has 0 N–H and O–H groups in total. The smallest absolute Gasteiger partial charge is 0.0705 e. The summed E-state index contributed by atoms with van der Waals surface area (Å²) in [5, 5.41) is 0. The fourth-order valence-corrected chi connectivity index (χ4v) is 6.09. The number of hydrogen-bond donors (Lipinski definition) is 0. The van der Waals surface area contributed by atoms with Gasteiger partial charge in [0.1, 0.15) is 0 Å². The predicted molar refractivity (Wildman–Crippen MR) is 119 cm³/mol. The van der Waals surface area contributed by atoms with Crippen molar-refractivity contribution < 1.29 is 4.74 Å². The second-order valence-electron chi connectivity index (χ2n) is 7.63. The number of hydrogen-bond acceptors (Lipinski definition) is 1. The van der Waals surface area contributed by atoms with Crippen molar-refractivity contribution in [2.75, 3.05) is 25.1 Å². The van der Waals surface area contributed by atoms with Crippen LogP contribution in [0.1, 0.15) is 112 Å². The van der Waals surface area contributed by atoms with Crippen molar-refractivity contribution in [2.24, 2.45) is 5.92 Å². The van der Waals surface area contributed by atoms with Crippen LogP contribution in [0.25, 0.3) is 0 Å². The van der Waals surface area contributed by atoms with E-state index in [1.807, 2.05) is 0 Å². The van der Waals surface area contributed by atoms with E-state index in [4.69, 9.17) is 4.74 Å². The van der Waals surface area contributed by atoms with E-state index >= 15 is 0 Å². The van der Waals surface area contributed by atoms with Crippen molar-refractivity contribution in [2.45, 2.75) is 118 Å². The van der Waals surface area contributed by atoms with Crippen molar-refractivity contribution in [1.29, 1.82) is 0 Å². The highest BCUT2D eigenvalue weighted by atomic mass is 31.1. The minimum atomic E-state index is 0.138. The first-order valence-electron chi connectivity index (χ1n) is 11.5. The van der Waals surface area contributed by atoms with Gasteiger partial charge in [0.2, 0.25) is 0 Å². The molecule has 0 aliphatic heterocycles. The van der Waals surface area contributed by atoms with Crippen LogP contribution in [-0.2, 0) is 4.74 Å². The van der Waals surface area contributed by atoms with Crippen LogP contribution in [0.5, 0.6) is 0 Å². The van der Waals surface area contributed by atoms with Gasteiger partial charge < -0.3 is 4.74 Å². The Kier molecular flexibility index (Phi) is 16.8. The molecule has 0 heterocycles. The molecule has 0 amide bonds. The average Bonchev–Trinajstić information content (AvgIpc) is 2.64. The molecule has 0 saturated heterocycles. The maximum atomic E-state index is 6.40. The summed E-state index contributed by atoms with van der Waals surface area (Å²) in [6.45, 7) is 14.8. The van der Waals surface area contributed by atoms with E-state index < -0.39 is 0 Å². The Morgan fingerprint density at radius 3 is 1.80 bits per heavy atom. The van der Waals surface area contributed by atoms with Crippen LogP contribution in [-0.4, -0.2) is 30.7 Å². The van der Waals surface area contributed by atoms with Crippen LogP contribution in [0.15, 0.2) is 0 Å². The lowest BCUT2D eigenvalue weighted by Gasteiger charge is -2.40. The van der Waals surface area contributed by atoms with Gasteiger partial charge in [-0.15, -0.1) is 7.92 Å². The summed E-state index contributed by atoms with van der Waals surface area (Å²) in [6, 6.07) is 0. The first kappa shape index (κ1) is 25.4. The van der Waals surface area contributed by atoms with E-state index in [2.05, 4.69) is 41.5 Å². The quantitative estimate of drug-likeness (QED) is 0.174. The number of unbranched alkanes of at least 4 members (excludes halogenated alkanes) is 5. The Balaban J connectivity index is 4.62. The van der Waals surface area contributed by atoms with Gasteiger partial charge in [-0.1, -0.05) is 73.1 Å². The van der Waals surface area contributed by atoms with Gasteiger partial charge in [-0.05, 0) is 63.4 Å². The minimum absolute atomic E-state index is 0.138. The minimum Gasteiger partial charge on any atom is -0.375 e. The van der Waals surface area contributed by atoms with Crippen LogP contribution in [0.3, 0.4) is 0 Å². The van der Waals surface area contributed by atoms with Crippen molar-refractivity contribution in [1.82, 2.24) is 0 Å². The summed E-state index contributed by atoms with van der Waals surface area (Å²) >= 11 is 0. The highest BCUT2D eigenvalue weighted by Crippen LogP contribution is 2.40. The Morgan fingerprint density at radius 2 is 1.28 bits per heavy atom. The lowest BCUT2D eigenvalue weighted by molar-refractivity contribution is -0.0932. The Hall–Kier alpha value is 0.390. The van der Waals surface area contributed by atoms with Crippen molar-refractivity contribution in [3.63, 3.8) is 0 Å². The van der Waals surface area contributed by atoms with Gasteiger partial charge in [0.25, 0.3) is 0 Å². The number of rotatable bonds is 18. The van der Waals surface area contributed by atoms with E-state index in [0.29, 0.717) is 7.92 Å². The maximum Gasteiger partial charge on any atom is 0.0705 e. The fraction of sp³-hybridized carbons (Fsp3) is 1.00. The normalized spacial score (nSPS) is 13.6. The summed E-state index contributed by atoms with van der Waals surface area (Å²) in [5.74, 6) is 0.763. The van der Waals surface area contributed by atoms with Gasteiger partial charge in [0.15, 0.2) is 0 Å². The molecule has 0 aliphatic rings. The molecule has 0 aromatic rings. The summed E-state index contributed by atoms with van der Waals surface area (Å²) in [5.41, 5.74) is 0.138. The maximum absolute atomic E-state index is 6.40. The second-order valence-corrected chi connectivity index (χ2v) is 10.7. The largest absolute Gasteiger partial charge is 0.375 e. The first-order chi connectivity index (χ1) is 12.1. The molecule has 0 radical (unpaired) electrons. The van der Waals surface area contributed by atoms with Crippen molar-refractivity contribution in [3.8, 4) is 0 Å². The molecule has 1 unspecified atom stereocenters. The van der Waals surface area contributed by atoms with Gasteiger partial charge in [-0.3, -0.25) is 0 Å². The zero-order chi connectivity index (χ0) is 19.0. The third-order valence-electron chi connectivity index (χ3n) is 6.20. The van der Waals surface area contributed by atoms with Crippen LogP contribution in [0, 0.1) is 5.92 Å². The molecule has 0 aromatic heterocycles. The average molecular weight is 373 g/mol. The monoisotopic (exact) mass is 372 g/mol. The van der Waals surface area contributed by atoms with Crippen LogP contribution in [0.2, 0.25) is 0 Å². The summed E-state index contributed by atoms with van der Waals surface area (Å²) < 4.78 is 6.40. The third-order valence-corrected chi connectivity index (χ3v) is 8.94. The van der Waals surface area contributed by atoms with Crippen LogP contribution >= 0.6 is 7.92 Å². The molecule has 0 aliphatic carbocycles. The SMILES string of the molecule is CCCCCCCCC(CCCP(CC)CC)C(CC)(CC)OCC. The van der Waals surface area contributed by atoms with E-state index in [1.54, 1.807) is 0 Å². The summed E-state index contributed by atoms with van der Waals surface area (Å²) in [6.07, 6.45) is 19.3. The standard InChI is InChI=1S/C23H49OP/c1-7-13-14-15-16-17-19-22(20-18-21-25(11-5)12-6)23(8-2,9-3)24-10-4/h22H,7-21H2,1-6H3. The Morgan fingerprint density at radius 1 is 0.720 bits per heavy atom. The number of ether oxygens (including phenoxy) is 1. The third kappa shape index (κ3) is 10.3. The lowest BCUT2D eigenvalue weighted by atomic mass is 9.77. The van der Waals surface area contributed by atoms with Gasteiger partial charge >= 0.3 is 0 Å². The van der Waals surface area contributed by atoms with E-state index in [-0.39, 0.29) is 5.60 Å². The van der Waals surface area contributed by atoms with Gasteiger partial charge in [-0.2, -0.15) is 0 Å². The summed E-state index contributed by atoms with van der Waals surface area (Å²) in [7, 11) is 0.297. The molecule has 0 spiro atoms. The van der Waals surface area contributed by atoms with Gasteiger partial charge in [-0.25, -0.2) is 0 Å². The second kappa shape index (κ2) is 16.6. The predicted octanol–water partition coefficient (Wildman–Crippen LogP) is 8.25. The van der Waals surface area contributed by atoms with Crippen molar-refractivity contribution >= 4 is 7.92 Å². The van der Waals surface area contributed by atoms with Crippen molar-refractivity contribution in [3.05, 3.63) is 0 Å². The Bertz CT molecular complexity index is 271. The Labute approximate surface area is 161 Å². The zero-order valence-electron chi connectivity index (χ0n) is 18.5. The molecule has 1 nitrogen and oxygen atoms in total. The molecule has 0 bridgehead atoms. The first-order valence-corrected chi connectivity index (χ1v) is 13.4. The molecule has 0 rings (SSSR count). The molecule has 25 heavy (non-hydrogen) atoms. The highest BCUT2D eigenvalue weighted by molar-refractivity contribution is 7.57. The van der Waals surface area contributed by atoms with Crippen LogP contribution in [0.4, 0.5) is 0 Å². The zero-order valence-corrected chi connectivity index (χ0v) is 19.4. The molecule has 0 saturated carbocycles. The van der Waals surface area contributed by atoms with Gasteiger partial charge in [0.05, 0.1) is 5.60 Å². The molecular formula is C23H49OP. The molecule has 0 aromatic carbocycles. The molecular weight excluding hydrogens is 323 g/mol. The van der Waals surface area contributed by atoms with Gasteiger partial charge in [0, 0.05) is 6.61 Å². The lowest BCUT2D eigenvalue weighted by Crippen LogP contribution is -2.40. The van der Waals surface area contributed by atoms with E-state index in [9.17, 15) is 0 Å². The summed E-state index contributed by atoms with van der Waals surface area (Å²) in [4.78, 5) is 0. The van der Waals surface area contributed by atoms with E-state index in [0.717, 1.165) is 12.5 Å². The van der Waals surface area contributed by atoms with E-state index in [1.165, 1.54) is 89.1 Å². The molecule has 1 atom stereocenters. The molecule has 152 valence electrons. The van der Waals surface area contributed by atoms with Crippen LogP contribution < -0.4 is 0 Å². The molecule has 0 fully saturated rings. The fourth-order valence-electron chi connectivity index (χ4n) is 4.38. The topological polar surface area (TPSA) is 9.23 Å². The highest BCUT2D eigenvalue weighted by Gasteiger charge is 2.35.